The van der Waals surface area contributed by atoms with Crippen LogP contribution in [-0.2, 0) is 38.0 Å². The Morgan fingerprint density at radius 3 is 1.79 bits per heavy atom. The molecule has 0 radical (unpaired) electrons. The summed E-state index contributed by atoms with van der Waals surface area (Å²) >= 11 is 0. The third-order valence-corrected chi connectivity index (χ3v) is 8.65. The maximum Gasteiger partial charge on any atom is 0.217 e. The highest BCUT2D eigenvalue weighted by Gasteiger charge is 2.52. The molecule has 0 aromatic rings. The molecule has 0 bridgehead atoms. The lowest BCUT2D eigenvalue weighted by Gasteiger charge is -2.48. The van der Waals surface area contributed by atoms with Crippen LogP contribution in [0.15, 0.2) is 0 Å². The normalized spacial score (nSPS) is 40.4. The first-order chi connectivity index (χ1) is 22.8. The molecule has 48 heavy (non-hydrogen) atoms. The average molecular weight is 699 g/mol. The SMILES string of the molecule is CCCCCCCCO[C@@H]1O[C@H](CO[C@H]2O[C@H](CO)[C@@H](O)[C@H](O)[C@@H]2O[C@@H]2O[C@H](CO)[C@@H](NC(C)=O)[C@H](O)[C@H]2NC(C)=O)[C@@H](O)[C@H](O)[C@H]1O. The number of carbonyl (C=O) groups excluding carboxylic acids is 2. The zero-order valence-electron chi connectivity index (χ0n) is 27.6. The molecule has 3 rings (SSSR count). The molecular weight excluding hydrogens is 644 g/mol. The van der Waals surface area contributed by atoms with E-state index >= 15 is 0 Å². The molecule has 3 saturated heterocycles. The maximum absolute atomic E-state index is 12.0. The second kappa shape index (κ2) is 19.7. The van der Waals surface area contributed by atoms with E-state index in [-0.39, 0.29) is 6.61 Å². The molecule has 3 heterocycles. The van der Waals surface area contributed by atoms with Crippen molar-refractivity contribution in [1.29, 1.82) is 0 Å². The van der Waals surface area contributed by atoms with Gasteiger partial charge in [0.2, 0.25) is 11.8 Å². The summed E-state index contributed by atoms with van der Waals surface area (Å²) in [6.45, 7) is 2.72. The van der Waals surface area contributed by atoms with Crippen LogP contribution in [0.1, 0.15) is 59.3 Å². The Kier molecular flexibility index (Phi) is 16.7. The van der Waals surface area contributed by atoms with Gasteiger partial charge >= 0.3 is 0 Å². The summed E-state index contributed by atoms with van der Waals surface area (Å²) in [5.74, 6) is -1.17. The Hall–Kier alpha value is -1.62. The summed E-state index contributed by atoms with van der Waals surface area (Å²) in [6, 6.07) is -2.54. The fraction of sp³-hybridized carbons (Fsp3) is 0.933. The van der Waals surface area contributed by atoms with Gasteiger partial charge in [0.1, 0.15) is 67.1 Å². The van der Waals surface area contributed by atoms with Crippen molar-refractivity contribution >= 4 is 11.8 Å². The van der Waals surface area contributed by atoms with E-state index < -0.39 is 124 Å². The third kappa shape index (κ3) is 10.7. The minimum Gasteiger partial charge on any atom is -0.394 e. The number of aliphatic hydroxyl groups is 8. The molecule has 280 valence electrons. The lowest BCUT2D eigenvalue weighted by Crippen LogP contribution is -2.70. The summed E-state index contributed by atoms with van der Waals surface area (Å²) in [7, 11) is 0. The zero-order chi connectivity index (χ0) is 35.5. The Bertz CT molecular complexity index is 981. The number of rotatable bonds is 17. The van der Waals surface area contributed by atoms with E-state index in [9.17, 15) is 50.4 Å². The number of nitrogens with one attached hydrogen (secondary N) is 2. The van der Waals surface area contributed by atoms with Gasteiger partial charge in [-0.25, -0.2) is 0 Å². The monoisotopic (exact) mass is 698 g/mol. The molecule has 18 heteroatoms. The lowest BCUT2D eigenvalue weighted by molar-refractivity contribution is -0.359. The van der Waals surface area contributed by atoms with Gasteiger partial charge in [0, 0.05) is 20.5 Å². The summed E-state index contributed by atoms with van der Waals surface area (Å²) < 4.78 is 34.6. The van der Waals surface area contributed by atoms with Gasteiger partial charge < -0.3 is 79.9 Å². The molecule has 15 atom stereocenters. The third-order valence-electron chi connectivity index (χ3n) is 8.65. The zero-order valence-corrected chi connectivity index (χ0v) is 27.6. The molecule has 0 aromatic heterocycles. The van der Waals surface area contributed by atoms with E-state index in [1.165, 1.54) is 6.92 Å². The Balaban J connectivity index is 1.74. The Labute approximate surface area is 279 Å². The molecule has 10 N–H and O–H groups in total. The van der Waals surface area contributed by atoms with Gasteiger partial charge in [0.05, 0.1) is 25.9 Å². The quantitative estimate of drug-likeness (QED) is 0.0650. The summed E-state index contributed by atoms with van der Waals surface area (Å²) in [4.78, 5) is 23.8. The average Bonchev–Trinajstić information content (AvgIpc) is 3.05. The van der Waals surface area contributed by atoms with Crippen LogP contribution in [0.2, 0.25) is 0 Å². The van der Waals surface area contributed by atoms with E-state index in [1.807, 2.05) is 0 Å². The molecule has 0 aliphatic carbocycles. The molecule has 0 spiro atoms. The van der Waals surface area contributed by atoms with Gasteiger partial charge in [-0.1, -0.05) is 39.0 Å². The lowest BCUT2D eigenvalue weighted by atomic mass is 9.93. The standard InChI is InChI=1S/C30H54N2O16/c1-4-5-6-7-8-9-10-43-29-26(42)24(40)22(38)18(47-29)13-44-30-27(25(41)21(37)17(12-34)46-30)48-28-20(32-15(3)36)23(39)19(31-14(2)35)16(11-33)45-28/h16-30,33-34,37-42H,4-13H2,1-3H3,(H,31,35)(H,32,36)/t16-,17-,18-,19-,20-,21-,22-,23+,24+,25+,26-,27+,28+,29-,30+/m1/s1. The van der Waals surface area contributed by atoms with Crippen molar-refractivity contribution in [2.45, 2.75) is 151 Å². The number of ether oxygens (including phenoxy) is 6. The molecule has 0 saturated carbocycles. The van der Waals surface area contributed by atoms with Crippen molar-refractivity contribution in [2.75, 3.05) is 26.4 Å². The largest absolute Gasteiger partial charge is 0.394 e. The number of amides is 2. The van der Waals surface area contributed by atoms with E-state index in [0.29, 0.717) is 6.42 Å². The van der Waals surface area contributed by atoms with Crippen LogP contribution < -0.4 is 10.6 Å². The molecule has 3 aliphatic rings. The highest BCUT2D eigenvalue weighted by Crippen LogP contribution is 2.31. The highest BCUT2D eigenvalue weighted by molar-refractivity contribution is 5.74. The Morgan fingerprint density at radius 1 is 0.604 bits per heavy atom. The first-order valence-corrected chi connectivity index (χ1v) is 16.5. The van der Waals surface area contributed by atoms with Crippen molar-refractivity contribution in [3.05, 3.63) is 0 Å². The van der Waals surface area contributed by atoms with Crippen LogP contribution in [0.25, 0.3) is 0 Å². The molecule has 2 amide bonds. The first-order valence-electron chi connectivity index (χ1n) is 16.5. The van der Waals surface area contributed by atoms with Gasteiger partial charge in [0.25, 0.3) is 0 Å². The van der Waals surface area contributed by atoms with Gasteiger partial charge in [-0.3, -0.25) is 9.59 Å². The minimum atomic E-state index is -1.81. The van der Waals surface area contributed by atoms with E-state index in [2.05, 4.69) is 17.6 Å². The molecule has 3 aliphatic heterocycles. The number of unbranched alkanes of at least 4 members (excludes halogenated alkanes) is 5. The van der Waals surface area contributed by atoms with Crippen LogP contribution in [0.5, 0.6) is 0 Å². The highest BCUT2D eigenvalue weighted by atomic mass is 16.8. The van der Waals surface area contributed by atoms with Crippen molar-refractivity contribution in [3.63, 3.8) is 0 Å². The second-order valence-electron chi connectivity index (χ2n) is 12.5. The van der Waals surface area contributed by atoms with Gasteiger partial charge in [-0.2, -0.15) is 0 Å². The van der Waals surface area contributed by atoms with Crippen LogP contribution in [-0.4, -0.2) is 171 Å². The molecule has 18 nitrogen and oxygen atoms in total. The maximum atomic E-state index is 12.0. The van der Waals surface area contributed by atoms with Gasteiger partial charge in [-0.15, -0.1) is 0 Å². The predicted molar refractivity (Wildman–Crippen MR) is 162 cm³/mol. The first kappa shape index (κ1) is 40.8. The fourth-order valence-electron chi connectivity index (χ4n) is 5.97. The number of hydrogen-bond acceptors (Lipinski definition) is 16. The minimum absolute atomic E-state index is 0.231. The molecule has 3 fully saturated rings. The number of hydrogen-bond donors (Lipinski definition) is 10. The van der Waals surface area contributed by atoms with Crippen LogP contribution in [0.4, 0.5) is 0 Å². The summed E-state index contributed by atoms with van der Waals surface area (Å²) in [6.07, 6.45) is -14.0. The fourth-order valence-corrected chi connectivity index (χ4v) is 5.97. The topological polar surface area (TPSA) is 275 Å². The second-order valence-corrected chi connectivity index (χ2v) is 12.5. The molecule has 0 unspecified atom stereocenters. The van der Waals surface area contributed by atoms with E-state index in [4.69, 9.17) is 28.4 Å². The van der Waals surface area contributed by atoms with Crippen LogP contribution >= 0.6 is 0 Å². The summed E-state index contributed by atoms with van der Waals surface area (Å²) in [5.41, 5.74) is 0. The number of aliphatic hydroxyl groups excluding tert-OH is 8. The summed E-state index contributed by atoms with van der Waals surface area (Å²) in [5, 5.41) is 89.0. The van der Waals surface area contributed by atoms with Crippen molar-refractivity contribution in [2.24, 2.45) is 0 Å². The van der Waals surface area contributed by atoms with E-state index in [1.54, 1.807) is 0 Å². The van der Waals surface area contributed by atoms with Crippen LogP contribution in [0.3, 0.4) is 0 Å². The van der Waals surface area contributed by atoms with Crippen molar-refractivity contribution < 1.29 is 78.9 Å². The predicted octanol–water partition coefficient (Wildman–Crippen LogP) is -3.90. The van der Waals surface area contributed by atoms with E-state index in [0.717, 1.165) is 39.0 Å². The molecule has 0 aromatic carbocycles. The van der Waals surface area contributed by atoms with Gasteiger partial charge in [-0.05, 0) is 6.42 Å². The van der Waals surface area contributed by atoms with Crippen molar-refractivity contribution in [1.82, 2.24) is 10.6 Å². The van der Waals surface area contributed by atoms with Gasteiger partial charge in [0.15, 0.2) is 18.9 Å². The molecular formula is C30H54N2O16. The smallest absolute Gasteiger partial charge is 0.217 e. The number of carbonyl (C=O) groups is 2. The van der Waals surface area contributed by atoms with Crippen molar-refractivity contribution in [3.8, 4) is 0 Å². The van der Waals surface area contributed by atoms with Crippen LogP contribution in [0, 0.1) is 0 Å². The Morgan fingerprint density at radius 2 is 1.17 bits per heavy atom.